The van der Waals surface area contributed by atoms with Crippen LogP contribution in [0, 0.1) is 0 Å². The summed E-state index contributed by atoms with van der Waals surface area (Å²) < 4.78 is 23.1. The van der Waals surface area contributed by atoms with Gasteiger partial charge < -0.3 is 5.32 Å². The van der Waals surface area contributed by atoms with Gasteiger partial charge in [-0.3, -0.25) is 4.79 Å². The van der Waals surface area contributed by atoms with Crippen LogP contribution in [0.4, 0.5) is 5.13 Å². The Kier molecular flexibility index (Phi) is 3.93. The zero-order chi connectivity index (χ0) is 13.3. The first-order chi connectivity index (χ1) is 7.62. The molecule has 0 aliphatic carbocycles. The molecule has 0 saturated carbocycles. The fraction of sp³-hybridized carbons (Fsp3) is 0.600. The summed E-state index contributed by atoms with van der Waals surface area (Å²) in [4.78, 5) is 14.9. The predicted octanol–water partition coefficient (Wildman–Crippen LogP) is 1.81. The molecule has 0 aliphatic heterocycles. The quantitative estimate of drug-likeness (QED) is 0.913. The number of hydrogen-bond donors (Lipinski definition) is 1. The summed E-state index contributed by atoms with van der Waals surface area (Å²) in [5.41, 5.74) is 0.466. The fourth-order valence-corrected chi connectivity index (χ4v) is 2.82. The standard InChI is InChI=1S/C10H16N2O3S2/c1-7(13)11-9-12-8(5-16-9)6-17(14,15)10(2,3)4/h5H,6H2,1-4H3,(H,11,12,13). The highest BCUT2D eigenvalue weighted by molar-refractivity contribution is 7.91. The molecular weight excluding hydrogens is 260 g/mol. The van der Waals surface area contributed by atoms with Crippen molar-refractivity contribution in [2.45, 2.75) is 38.2 Å². The van der Waals surface area contributed by atoms with Gasteiger partial charge in [-0.05, 0) is 20.8 Å². The maximum absolute atomic E-state index is 11.9. The number of sulfone groups is 1. The van der Waals surface area contributed by atoms with E-state index in [9.17, 15) is 13.2 Å². The van der Waals surface area contributed by atoms with Crippen LogP contribution in [-0.2, 0) is 20.4 Å². The van der Waals surface area contributed by atoms with Crippen molar-refractivity contribution >= 4 is 32.2 Å². The van der Waals surface area contributed by atoms with Crippen LogP contribution >= 0.6 is 11.3 Å². The molecule has 0 unspecified atom stereocenters. The molecule has 0 radical (unpaired) electrons. The summed E-state index contributed by atoms with van der Waals surface area (Å²) in [5, 5.41) is 4.60. The summed E-state index contributed by atoms with van der Waals surface area (Å²) in [6.07, 6.45) is 0. The van der Waals surface area contributed by atoms with E-state index < -0.39 is 14.6 Å². The monoisotopic (exact) mass is 276 g/mol. The van der Waals surface area contributed by atoms with Crippen molar-refractivity contribution < 1.29 is 13.2 Å². The van der Waals surface area contributed by atoms with E-state index in [4.69, 9.17) is 0 Å². The van der Waals surface area contributed by atoms with Crippen LogP contribution in [0.3, 0.4) is 0 Å². The Morgan fingerprint density at radius 1 is 1.47 bits per heavy atom. The van der Waals surface area contributed by atoms with Crippen molar-refractivity contribution in [3.8, 4) is 0 Å². The third-order valence-electron chi connectivity index (χ3n) is 2.11. The molecule has 0 bridgehead atoms. The number of amides is 1. The number of thiazole rings is 1. The van der Waals surface area contributed by atoms with E-state index in [1.54, 1.807) is 26.2 Å². The SMILES string of the molecule is CC(=O)Nc1nc(CS(=O)(=O)C(C)(C)C)cs1. The van der Waals surface area contributed by atoms with Gasteiger partial charge in [0, 0.05) is 12.3 Å². The predicted molar refractivity (Wildman–Crippen MR) is 68.8 cm³/mol. The van der Waals surface area contributed by atoms with E-state index in [2.05, 4.69) is 10.3 Å². The van der Waals surface area contributed by atoms with Crippen molar-refractivity contribution in [1.82, 2.24) is 4.98 Å². The average Bonchev–Trinajstić information content (AvgIpc) is 2.48. The van der Waals surface area contributed by atoms with E-state index in [1.807, 2.05) is 0 Å². The molecule has 17 heavy (non-hydrogen) atoms. The van der Waals surface area contributed by atoms with Gasteiger partial charge in [0.15, 0.2) is 15.0 Å². The zero-order valence-corrected chi connectivity index (χ0v) is 11.9. The maximum atomic E-state index is 11.9. The molecule has 5 nitrogen and oxygen atoms in total. The smallest absolute Gasteiger partial charge is 0.223 e. The van der Waals surface area contributed by atoms with Gasteiger partial charge >= 0.3 is 0 Å². The second kappa shape index (κ2) is 4.73. The Labute approximate surface area is 105 Å². The van der Waals surface area contributed by atoms with E-state index in [0.29, 0.717) is 10.8 Å². The van der Waals surface area contributed by atoms with Crippen LogP contribution < -0.4 is 5.32 Å². The number of rotatable bonds is 3. The minimum Gasteiger partial charge on any atom is -0.302 e. The molecule has 1 aromatic heterocycles. The molecule has 0 atom stereocenters. The lowest BCUT2D eigenvalue weighted by Gasteiger charge is -2.18. The summed E-state index contributed by atoms with van der Waals surface area (Å²) in [5.74, 6) is -0.323. The summed E-state index contributed by atoms with van der Waals surface area (Å²) in [6, 6.07) is 0. The lowest BCUT2D eigenvalue weighted by molar-refractivity contribution is -0.114. The molecular formula is C10H16N2O3S2. The molecule has 96 valence electrons. The Hall–Kier alpha value is -0.950. The number of carbonyl (C=O) groups is 1. The van der Waals surface area contributed by atoms with Gasteiger partial charge in [0.25, 0.3) is 0 Å². The first-order valence-corrected chi connectivity index (χ1v) is 7.59. The number of hydrogen-bond acceptors (Lipinski definition) is 5. The third-order valence-corrected chi connectivity index (χ3v) is 5.45. The number of nitrogens with one attached hydrogen (secondary N) is 1. The van der Waals surface area contributed by atoms with Crippen molar-refractivity contribution in [2.75, 3.05) is 5.32 Å². The number of aromatic nitrogens is 1. The lowest BCUT2D eigenvalue weighted by Crippen LogP contribution is -2.29. The van der Waals surface area contributed by atoms with Gasteiger partial charge in [0.05, 0.1) is 16.2 Å². The molecule has 0 spiro atoms. The number of anilines is 1. The molecule has 7 heteroatoms. The highest BCUT2D eigenvalue weighted by atomic mass is 32.2. The molecule has 1 rings (SSSR count). The van der Waals surface area contributed by atoms with Gasteiger partial charge in [0.1, 0.15) is 0 Å². The van der Waals surface area contributed by atoms with Crippen molar-refractivity contribution in [2.24, 2.45) is 0 Å². The van der Waals surface area contributed by atoms with Crippen LogP contribution in [0.15, 0.2) is 5.38 Å². The molecule has 1 N–H and O–H groups in total. The molecule has 1 heterocycles. The van der Waals surface area contributed by atoms with Crippen molar-refractivity contribution in [3.05, 3.63) is 11.1 Å². The largest absolute Gasteiger partial charge is 0.302 e. The number of carbonyl (C=O) groups excluding carboxylic acids is 1. The average molecular weight is 276 g/mol. The van der Waals surface area contributed by atoms with Gasteiger partial charge in [0.2, 0.25) is 5.91 Å². The van der Waals surface area contributed by atoms with Gasteiger partial charge in [-0.1, -0.05) is 0 Å². The molecule has 0 aliphatic rings. The Balaban J connectivity index is 2.84. The minimum atomic E-state index is -3.23. The molecule has 0 fully saturated rings. The number of nitrogens with zero attached hydrogens (tertiary/aromatic N) is 1. The topological polar surface area (TPSA) is 76.1 Å². The highest BCUT2D eigenvalue weighted by Crippen LogP contribution is 2.23. The zero-order valence-electron chi connectivity index (χ0n) is 10.3. The Bertz CT molecular complexity index is 512. The second-order valence-electron chi connectivity index (χ2n) is 4.70. The fourth-order valence-electron chi connectivity index (χ4n) is 0.992. The maximum Gasteiger partial charge on any atom is 0.223 e. The van der Waals surface area contributed by atoms with Crippen LogP contribution in [-0.4, -0.2) is 24.1 Å². The summed E-state index contributed by atoms with van der Waals surface area (Å²) in [7, 11) is -3.23. The van der Waals surface area contributed by atoms with E-state index >= 15 is 0 Å². The molecule has 1 amide bonds. The van der Waals surface area contributed by atoms with Gasteiger partial charge in [-0.25, -0.2) is 13.4 Å². The first-order valence-electron chi connectivity index (χ1n) is 5.06. The normalized spacial score (nSPS) is 12.5. The van der Waals surface area contributed by atoms with Crippen LogP contribution in [0.25, 0.3) is 0 Å². The second-order valence-corrected chi connectivity index (χ2v) is 8.30. The van der Waals surface area contributed by atoms with Gasteiger partial charge in [-0.15, -0.1) is 11.3 Å². The lowest BCUT2D eigenvalue weighted by atomic mass is 10.3. The summed E-state index contributed by atoms with van der Waals surface area (Å²) in [6.45, 7) is 6.35. The van der Waals surface area contributed by atoms with Crippen LogP contribution in [0.1, 0.15) is 33.4 Å². The molecule has 1 aromatic rings. The van der Waals surface area contributed by atoms with Crippen molar-refractivity contribution in [1.29, 1.82) is 0 Å². The summed E-state index contributed by atoms with van der Waals surface area (Å²) >= 11 is 1.22. The van der Waals surface area contributed by atoms with Crippen LogP contribution in [0.2, 0.25) is 0 Å². The third kappa shape index (κ3) is 3.78. The minimum absolute atomic E-state index is 0.105. The molecule has 0 aromatic carbocycles. The molecule has 0 saturated heterocycles. The Morgan fingerprint density at radius 2 is 2.06 bits per heavy atom. The highest BCUT2D eigenvalue weighted by Gasteiger charge is 2.29. The van der Waals surface area contributed by atoms with E-state index in [1.165, 1.54) is 18.3 Å². The Morgan fingerprint density at radius 3 is 2.53 bits per heavy atom. The van der Waals surface area contributed by atoms with Crippen LogP contribution in [0.5, 0.6) is 0 Å². The first kappa shape index (κ1) is 14.1. The van der Waals surface area contributed by atoms with E-state index in [-0.39, 0.29) is 11.7 Å². The van der Waals surface area contributed by atoms with Gasteiger partial charge in [-0.2, -0.15) is 0 Å². The van der Waals surface area contributed by atoms with Crippen molar-refractivity contribution in [3.63, 3.8) is 0 Å². The van der Waals surface area contributed by atoms with E-state index in [0.717, 1.165) is 0 Å².